The van der Waals surface area contributed by atoms with E-state index in [0.29, 0.717) is 33.9 Å². The molecule has 4 rings (SSSR count). The van der Waals surface area contributed by atoms with Crippen LogP contribution in [0.15, 0.2) is 81.5 Å². The first-order valence-electron chi connectivity index (χ1n) is 9.96. The van der Waals surface area contributed by atoms with Gasteiger partial charge in [0.1, 0.15) is 12.1 Å². The van der Waals surface area contributed by atoms with Crippen molar-refractivity contribution in [2.24, 2.45) is 5.10 Å². The molecule has 0 saturated carbocycles. The smallest absolute Gasteiger partial charge is 0.257 e. The van der Waals surface area contributed by atoms with Crippen LogP contribution in [0.3, 0.4) is 0 Å². The zero-order valence-corrected chi connectivity index (χ0v) is 19.2. The van der Waals surface area contributed by atoms with Gasteiger partial charge in [-0.1, -0.05) is 47.6 Å². The zero-order chi connectivity index (χ0) is 23.0. The number of methoxy groups -OCH3 is 1. The van der Waals surface area contributed by atoms with E-state index in [-0.39, 0.29) is 11.7 Å². The molecule has 1 N–H and O–H groups in total. The highest BCUT2D eigenvalue weighted by atomic mass is 35.5. The Morgan fingerprint density at radius 3 is 2.76 bits per heavy atom. The monoisotopic (exact) mass is 481 g/mol. The predicted molar refractivity (Wildman–Crippen MR) is 129 cm³/mol. The van der Waals surface area contributed by atoms with E-state index in [9.17, 15) is 4.79 Å². The molecule has 1 aromatic heterocycles. The summed E-state index contributed by atoms with van der Waals surface area (Å²) in [4.78, 5) is 16.4. The van der Waals surface area contributed by atoms with Gasteiger partial charge in [0.15, 0.2) is 17.1 Å². The van der Waals surface area contributed by atoms with Gasteiger partial charge in [-0.05, 0) is 53.6 Å². The molecule has 33 heavy (non-hydrogen) atoms. The van der Waals surface area contributed by atoms with Crippen LogP contribution in [-0.4, -0.2) is 30.0 Å². The second-order valence-electron chi connectivity index (χ2n) is 6.85. The molecule has 0 radical (unpaired) electrons. The summed E-state index contributed by atoms with van der Waals surface area (Å²) < 4.78 is 16.9. The van der Waals surface area contributed by atoms with Crippen molar-refractivity contribution >= 4 is 46.6 Å². The Morgan fingerprint density at radius 1 is 1.15 bits per heavy atom. The van der Waals surface area contributed by atoms with E-state index in [0.717, 1.165) is 16.6 Å². The van der Waals surface area contributed by atoms with E-state index in [2.05, 4.69) is 15.5 Å². The molecule has 9 heteroatoms. The molecule has 0 spiro atoms. The molecule has 0 unspecified atom stereocenters. The number of nitrogens with one attached hydrogen (secondary N) is 1. The molecule has 0 atom stereocenters. The number of rotatable bonds is 9. The number of oxazole rings is 1. The molecule has 1 heterocycles. The minimum absolute atomic E-state index is 0.127. The summed E-state index contributed by atoms with van der Waals surface area (Å²) in [5.41, 5.74) is 5.67. The van der Waals surface area contributed by atoms with Crippen LogP contribution in [0.4, 0.5) is 0 Å². The third kappa shape index (κ3) is 6.27. The lowest BCUT2D eigenvalue weighted by molar-refractivity contribution is -0.118. The molecule has 7 nitrogen and oxygen atoms in total. The standard InChI is InChI=1S/C24H20ClN3O4S/c1-30-21-11-8-17(12-22(21)31-14-16-6-9-18(25)10-7-16)13-26-28-23(29)15-33-24-27-19-4-2-3-5-20(19)32-24/h2-13H,14-15H2,1H3,(H,28,29)/b26-13-. The highest BCUT2D eigenvalue weighted by molar-refractivity contribution is 7.99. The number of halogens is 1. The van der Waals surface area contributed by atoms with Crippen molar-refractivity contribution in [1.82, 2.24) is 10.4 Å². The van der Waals surface area contributed by atoms with E-state index < -0.39 is 0 Å². The Labute approximate surface area is 199 Å². The Morgan fingerprint density at radius 2 is 1.97 bits per heavy atom. The van der Waals surface area contributed by atoms with E-state index in [4.69, 9.17) is 25.5 Å². The lowest BCUT2D eigenvalue weighted by Crippen LogP contribution is -2.19. The fourth-order valence-corrected chi connectivity index (χ4v) is 3.64. The predicted octanol–water partition coefficient (Wildman–Crippen LogP) is 5.31. The van der Waals surface area contributed by atoms with Crippen LogP contribution in [0, 0.1) is 0 Å². The van der Waals surface area contributed by atoms with Crippen LogP contribution < -0.4 is 14.9 Å². The summed E-state index contributed by atoms with van der Waals surface area (Å²) >= 11 is 7.13. The summed E-state index contributed by atoms with van der Waals surface area (Å²) in [6, 6.07) is 20.2. The van der Waals surface area contributed by atoms with Crippen molar-refractivity contribution < 1.29 is 18.7 Å². The zero-order valence-electron chi connectivity index (χ0n) is 17.7. The molecule has 0 aliphatic rings. The molecule has 1 amide bonds. The van der Waals surface area contributed by atoms with Crippen LogP contribution in [-0.2, 0) is 11.4 Å². The maximum Gasteiger partial charge on any atom is 0.257 e. The van der Waals surface area contributed by atoms with Crippen molar-refractivity contribution in [3.05, 3.63) is 82.9 Å². The van der Waals surface area contributed by atoms with Gasteiger partial charge in [0, 0.05) is 5.02 Å². The number of hydrogen-bond donors (Lipinski definition) is 1. The summed E-state index contributed by atoms with van der Waals surface area (Å²) in [5.74, 6) is 1.02. The molecule has 3 aromatic carbocycles. The maximum absolute atomic E-state index is 12.1. The van der Waals surface area contributed by atoms with E-state index in [1.807, 2.05) is 54.6 Å². The quantitative estimate of drug-likeness (QED) is 0.198. The van der Waals surface area contributed by atoms with Crippen molar-refractivity contribution in [2.75, 3.05) is 12.9 Å². The third-order valence-electron chi connectivity index (χ3n) is 4.50. The first kappa shape index (κ1) is 22.7. The second kappa shape index (κ2) is 10.9. The summed E-state index contributed by atoms with van der Waals surface area (Å²) in [6.45, 7) is 0.359. The highest BCUT2D eigenvalue weighted by Crippen LogP contribution is 2.28. The Bertz CT molecular complexity index is 1240. The molecule has 0 saturated heterocycles. The number of fused-ring (bicyclic) bond motifs is 1. The number of para-hydroxylation sites is 2. The molecule has 0 aliphatic carbocycles. The van der Waals surface area contributed by atoms with Gasteiger partial charge in [0.25, 0.3) is 11.1 Å². The van der Waals surface area contributed by atoms with E-state index in [1.54, 1.807) is 19.2 Å². The lowest BCUT2D eigenvalue weighted by atomic mass is 10.2. The van der Waals surface area contributed by atoms with Crippen LogP contribution in [0.1, 0.15) is 11.1 Å². The number of ether oxygens (including phenoxy) is 2. The Balaban J connectivity index is 1.31. The normalized spacial score (nSPS) is 11.1. The fourth-order valence-electron chi connectivity index (χ4n) is 2.88. The fraction of sp³-hybridized carbons (Fsp3) is 0.125. The van der Waals surface area contributed by atoms with Crippen molar-refractivity contribution in [3.63, 3.8) is 0 Å². The Kier molecular flexibility index (Phi) is 7.49. The van der Waals surface area contributed by atoms with Gasteiger partial charge in [-0.25, -0.2) is 10.4 Å². The summed E-state index contributed by atoms with van der Waals surface area (Å²) in [7, 11) is 1.58. The van der Waals surface area contributed by atoms with Crippen molar-refractivity contribution in [1.29, 1.82) is 0 Å². The molecular formula is C24H20ClN3O4S. The van der Waals surface area contributed by atoms with Gasteiger partial charge >= 0.3 is 0 Å². The van der Waals surface area contributed by atoms with Gasteiger partial charge in [-0.3, -0.25) is 4.79 Å². The number of carbonyl (C=O) groups excluding carboxylic acids is 1. The minimum atomic E-state index is -0.272. The molecule has 0 aliphatic heterocycles. The molecule has 0 bridgehead atoms. The largest absolute Gasteiger partial charge is 0.493 e. The minimum Gasteiger partial charge on any atom is -0.493 e. The van der Waals surface area contributed by atoms with Gasteiger partial charge in [-0.15, -0.1) is 0 Å². The SMILES string of the molecule is COc1ccc(/C=N\NC(=O)CSc2nc3ccccc3o2)cc1OCc1ccc(Cl)cc1. The first-order chi connectivity index (χ1) is 16.1. The molecule has 168 valence electrons. The number of aromatic nitrogens is 1. The van der Waals surface area contributed by atoms with Gasteiger partial charge in [0.05, 0.1) is 19.1 Å². The highest BCUT2D eigenvalue weighted by Gasteiger charge is 2.09. The average Bonchev–Trinajstić information content (AvgIpc) is 3.26. The first-order valence-corrected chi connectivity index (χ1v) is 11.3. The van der Waals surface area contributed by atoms with Crippen molar-refractivity contribution in [3.8, 4) is 11.5 Å². The molecule has 4 aromatic rings. The van der Waals surface area contributed by atoms with E-state index in [1.165, 1.54) is 18.0 Å². The number of amides is 1. The third-order valence-corrected chi connectivity index (χ3v) is 5.58. The summed E-state index contributed by atoms with van der Waals surface area (Å²) in [5, 5.41) is 5.13. The number of thioether (sulfide) groups is 1. The van der Waals surface area contributed by atoms with Crippen LogP contribution >= 0.6 is 23.4 Å². The van der Waals surface area contributed by atoms with E-state index >= 15 is 0 Å². The maximum atomic E-state index is 12.1. The van der Waals surface area contributed by atoms with Gasteiger partial charge in [0.2, 0.25) is 0 Å². The number of nitrogens with zero attached hydrogens (tertiary/aromatic N) is 2. The number of benzene rings is 3. The van der Waals surface area contributed by atoms with Crippen LogP contribution in [0.2, 0.25) is 5.02 Å². The van der Waals surface area contributed by atoms with Crippen LogP contribution in [0.5, 0.6) is 11.5 Å². The van der Waals surface area contributed by atoms with Crippen LogP contribution in [0.25, 0.3) is 11.1 Å². The molecular weight excluding hydrogens is 462 g/mol. The van der Waals surface area contributed by atoms with Crippen molar-refractivity contribution in [2.45, 2.75) is 11.8 Å². The molecule has 0 fully saturated rings. The number of hydrazone groups is 1. The average molecular weight is 482 g/mol. The lowest BCUT2D eigenvalue weighted by Gasteiger charge is -2.11. The number of hydrogen-bond acceptors (Lipinski definition) is 7. The van der Waals surface area contributed by atoms with Gasteiger partial charge < -0.3 is 13.9 Å². The Hall–Kier alpha value is -3.49. The second-order valence-corrected chi connectivity index (χ2v) is 8.22. The topological polar surface area (TPSA) is 86.0 Å². The summed E-state index contributed by atoms with van der Waals surface area (Å²) in [6.07, 6.45) is 1.54. The van der Waals surface area contributed by atoms with Gasteiger partial charge in [-0.2, -0.15) is 5.10 Å². The number of carbonyl (C=O) groups is 1.